The van der Waals surface area contributed by atoms with Crippen LogP contribution in [-0.4, -0.2) is 11.9 Å². The average Bonchev–Trinajstić information content (AvgIpc) is 2.73. The minimum atomic E-state index is -4.51. The Morgan fingerprint density at radius 1 is 0.875 bits per heavy atom. The number of anilines is 2. The van der Waals surface area contributed by atoms with Gasteiger partial charge in [-0.05, 0) is 66.5 Å². The van der Waals surface area contributed by atoms with Gasteiger partial charge in [-0.1, -0.05) is 28.1 Å². The molecule has 3 aromatic rings. The number of amides is 3. The van der Waals surface area contributed by atoms with E-state index in [1.807, 2.05) is 0 Å². The first-order valence-electron chi connectivity index (χ1n) is 8.89. The molecule has 0 atom stereocenters. The fourth-order valence-electron chi connectivity index (χ4n) is 2.53. The molecule has 0 fully saturated rings. The molecule has 0 aliphatic carbocycles. The van der Waals surface area contributed by atoms with Gasteiger partial charge in [0.05, 0.1) is 11.1 Å². The van der Waals surface area contributed by atoms with Crippen LogP contribution < -0.4 is 15.4 Å². The van der Waals surface area contributed by atoms with Crippen LogP contribution in [0.4, 0.5) is 33.7 Å². The lowest BCUT2D eigenvalue weighted by molar-refractivity contribution is -0.137. The molecule has 0 heterocycles. The number of carbonyl (C=O) groups excluding carboxylic acids is 2. The van der Waals surface area contributed by atoms with E-state index in [0.717, 1.165) is 24.1 Å². The predicted molar refractivity (Wildman–Crippen MR) is 118 cm³/mol. The largest absolute Gasteiger partial charge is 0.416 e. The average molecular weight is 528 g/mol. The highest BCUT2D eigenvalue weighted by molar-refractivity contribution is 9.10. The summed E-state index contributed by atoms with van der Waals surface area (Å²) in [5.41, 5.74) is -0.193. The lowest BCUT2D eigenvalue weighted by Crippen LogP contribution is -2.22. The first-order chi connectivity index (χ1) is 15.1. The monoisotopic (exact) mass is 527 g/mol. The van der Waals surface area contributed by atoms with Crippen molar-refractivity contribution in [3.8, 4) is 0 Å². The molecule has 3 N–H and O–H groups in total. The maximum absolute atomic E-state index is 13.7. The van der Waals surface area contributed by atoms with Gasteiger partial charge in [-0.25, -0.2) is 9.18 Å². The van der Waals surface area contributed by atoms with Gasteiger partial charge in [-0.2, -0.15) is 13.2 Å². The smallest absolute Gasteiger partial charge is 0.322 e. The Hall–Kier alpha value is -3.05. The van der Waals surface area contributed by atoms with E-state index in [0.29, 0.717) is 11.4 Å². The van der Waals surface area contributed by atoms with Crippen molar-refractivity contribution in [3.05, 3.63) is 88.1 Å². The molecule has 32 heavy (non-hydrogen) atoms. The van der Waals surface area contributed by atoms with Gasteiger partial charge >= 0.3 is 12.2 Å². The van der Waals surface area contributed by atoms with Crippen molar-refractivity contribution in [1.29, 1.82) is 0 Å². The molecule has 5 nitrogen and oxygen atoms in total. The Labute approximate surface area is 192 Å². The molecule has 166 valence electrons. The molecular formula is C21H14BrF4N3O2S. The van der Waals surface area contributed by atoms with Crippen molar-refractivity contribution >= 4 is 51.2 Å². The first-order valence-corrected chi connectivity index (χ1v) is 10.5. The van der Waals surface area contributed by atoms with E-state index in [4.69, 9.17) is 0 Å². The quantitative estimate of drug-likeness (QED) is 0.255. The molecule has 0 saturated heterocycles. The topological polar surface area (TPSA) is 70.2 Å². The summed E-state index contributed by atoms with van der Waals surface area (Å²) in [6, 6.07) is 14.2. The van der Waals surface area contributed by atoms with E-state index in [1.54, 1.807) is 6.07 Å². The van der Waals surface area contributed by atoms with Crippen LogP contribution >= 0.6 is 27.9 Å². The van der Waals surface area contributed by atoms with Gasteiger partial charge in [-0.3, -0.25) is 9.52 Å². The van der Waals surface area contributed by atoms with E-state index in [-0.39, 0.29) is 14.9 Å². The summed E-state index contributed by atoms with van der Waals surface area (Å²) in [6.45, 7) is 0. The van der Waals surface area contributed by atoms with Gasteiger partial charge in [0.2, 0.25) is 0 Å². The second kappa shape index (κ2) is 10.0. The van der Waals surface area contributed by atoms with Crippen LogP contribution in [0.15, 0.2) is 76.1 Å². The number of hydrogen-bond acceptors (Lipinski definition) is 3. The van der Waals surface area contributed by atoms with Crippen LogP contribution in [0.5, 0.6) is 0 Å². The predicted octanol–water partition coefficient (Wildman–Crippen LogP) is 6.69. The molecule has 3 rings (SSSR count). The summed E-state index contributed by atoms with van der Waals surface area (Å²) in [4.78, 5) is 24.4. The van der Waals surface area contributed by atoms with Gasteiger partial charge in [0.1, 0.15) is 5.82 Å². The van der Waals surface area contributed by atoms with E-state index in [2.05, 4.69) is 31.3 Å². The van der Waals surface area contributed by atoms with E-state index in [9.17, 15) is 27.2 Å². The first kappa shape index (κ1) is 23.6. The zero-order chi connectivity index (χ0) is 23.3. The Balaban J connectivity index is 1.56. The van der Waals surface area contributed by atoms with Gasteiger partial charge < -0.3 is 10.6 Å². The van der Waals surface area contributed by atoms with E-state index in [1.165, 1.54) is 48.5 Å². The van der Waals surface area contributed by atoms with E-state index < -0.39 is 29.5 Å². The fourth-order valence-corrected chi connectivity index (χ4v) is 3.81. The minimum Gasteiger partial charge on any atom is -0.322 e. The number of carbonyl (C=O) groups is 2. The molecule has 0 saturated carbocycles. The summed E-state index contributed by atoms with van der Waals surface area (Å²) in [7, 11) is 0. The number of hydrogen-bond donors (Lipinski definition) is 3. The van der Waals surface area contributed by atoms with Crippen LogP contribution in [0.2, 0.25) is 0 Å². The number of halogens is 5. The summed E-state index contributed by atoms with van der Waals surface area (Å²) < 4.78 is 55.0. The summed E-state index contributed by atoms with van der Waals surface area (Å²) in [6.07, 6.45) is -4.51. The van der Waals surface area contributed by atoms with Crippen LogP contribution in [-0.2, 0) is 6.18 Å². The molecule has 0 aliphatic rings. The Kier molecular flexibility index (Phi) is 7.41. The van der Waals surface area contributed by atoms with Crippen LogP contribution in [0.25, 0.3) is 0 Å². The van der Waals surface area contributed by atoms with Crippen molar-refractivity contribution in [2.24, 2.45) is 0 Å². The second-order valence-electron chi connectivity index (χ2n) is 6.34. The molecule has 0 aromatic heterocycles. The number of alkyl halides is 3. The Morgan fingerprint density at radius 2 is 1.50 bits per heavy atom. The minimum absolute atomic E-state index is 0.104. The third-order valence-electron chi connectivity index (χ3n) is 3.98. The standard InChI is InChI=1S/C21H14BrF4N3O2S/c22-13-9-12(21(24,25)26)10-16(11-13)32-29-20(31)28-15-7-5-14(6-8-15)27-19(30)17-3-1-2-4-18(17)23/h1-11H,(H,27,30)(H2,28,29,31). The third kappa shape index (κ3) is 6.47. The number of urea groups is 1. The molecule has 0 unspecified atom stereocenters. The van der Waals surface area contributed by atoms with E-state index >= 15 is 0 Å². The second-order valence-corrected chi connectivity index (χ2v) is 8.14. The zero-order valence-electron chi connectivity index (χ0n) is 16.0. The number of rotatable bonds is 5. The van der Waals surface area contributed by atoms with Crippen molar-refractivity contribution in [2.75, 3.05) is 10.6 Å². The lowest BCUT2D eigenvalue weighted by atomic mass is 10.2. The van der Waals surface area contributed by atoms with Crippen molar-refractivity contribution in [3.63, 3.8) is 0 Å². The maximum atomic E-state index is 13.7. The van der Waals surface area contributed by atoms with Crippen LogP contribution in [0.3, 0.4) is 0 Å². The molecule has 0 bridgehead atoms. The number of benzene rings is 3. The highest BCUT2D eigenvalue weighted by Gasteiger charge is 2.31. The number of nitrogens with one attached hydrogen (secondary N) is 3. The Morgan fingerprint density at radius 3 is 2.12 bits per heavy atom. The highest BCUT2D eigenvalue weighted by atomic mass is 79.9. The van der Waals surface area contributed by atoms with Crippen LogP contribution in [0, 0.1) is 5.82 Å². The molecule has 0 spiro atoms. The maximum Gasteiger partial charge on any atom is 0.416 e. The highest BCUT2D eigenvalue weighted by Crippen LogP contribution is 2.34. The normalized spacial score (nSPS) is 11.0. The van der Waals surface area contributed by atoms with Crippen molar-refractivity contribution in [1.82, 2.24) is 4.72 Å². The van der Waals surface area contributed by atoms with Gasteiger partial charge in [0, 0.05) is 20.7 Å². The van der Waals surface area contributed by atoms with Crippen molar-refractivity contribution in [2.45, 2.75) is 11.1 Å². The molecule has 3 aromatic carbocycles. The molecule has 11 heteroatoms. The summed E-state index contributed by atoms with van der Waals surface area (Å²) >= 11 is 3.73. The van der Waals surface area contributed by atoms with Crippen LogP contribution in [0.1, 0.15) is 15.9 Å². The Bertz CT molecular complexity index is 1140. The molecule has 3 amide bonds. The molecular weight excluding hydrogens is 514 g/mol. The SMILES string of the molecule is O=C(NSc1cc(Br)cc(C(F)(F)F)c1)Nc1ccc(NC(=O)c2ccccc2F)cc1. The summed E-state index contributed by atoms with van der Waals surface area (Å²) in [5, 5.41) is 5.06. The van der Waals surface area contributed by atoms with Gasteiger partial charge in [0.15, 0.2) is 0 Å². The lowest BCUT2D eigenvalue weighted by Gasteiger charge is -2.11. The fraction of sp³-hybridized carbons (Fsp3) is 0.0476. The summed E-state index contributed by atoms with van der Waals surface area (Å²) in [5.74, 6) is -1.27. The van der Waals surface area contributed by atoms with Gasteiger partial charge in [0.25, 0.3) is 5.91 Å². The van der Waals surface area contributed by atoms with Crippen molar-refractivity contribution < 1.29 is 27.2 Å². The van der Waals surface area contributed by atoms with Gasteiger partial charge in [-0.15, -0.1) is 0 Å². The zero-order valence-corrected chi connectivity index (χ0v) is 18.4. The third-order valence-corrected chi connectivity index (χ3v) is 5.20. The molecule has 0 aliphatic heterocycles. The molecule has 0 radical (unpaired) electrons.